The Morgan fingerprint density at radius 2 is 1.95 bits per heavy atom. The molecule has 0 spiro atoms. The highest BCUT2D eigenvalue weighted by Crippen LogP contribution is 2.37. The van der Waals surface area contributed by atoms with Gasteiger partial charge in [-0.15, -0.1) is 0 Å². The molecule has 2 aromatic rings. The first-order valence-corrected chi connectivity index (χ1v) is 7.18. The molecule has 0 aliphatic carbocycles. The van der Waals surface area contributed by atoms with Crippen LogP contribution in [0.1, 0.15) is 16.7 Å². The summed E-state index contributed by atoms with van der Waals surface area (Å²) >= 11 is 3.51. The Bertz CT molecular complexity index is 599. The van der Waals surface area contributed by atoms with Crippen molar-refractivity contribution in [1.82, 2.24) is 0 Å². The van der Waals surface area contributed by atoms with Crippen LogP contribution in [-0.2, 0) is 13.2 Å². The van der Waals surface area contributed by atoms with Gasteiger partial charge < -0.3 is 15.2 Å². The van der Waals surface area contributed by atoms with Crippen LogP contribution in [0.4, 0.5) is 0 Å². The Kier molecular flexibility index (Phi) is 5.04. The van der Waals surface area contributed by atoms with Gasteiger partial charge in [-0.25, -0.2) is 0 Å². The van der Waals surface area contributed by atoms with E-state index in [9.17, 15) is 0 Å². The van der Waals surface area contributed by atoms with Crippen LogP contribution in [0.5, 0.6) is 11.5 Å². The zero-order chi connectivity index (χ0) is 14.5. The van der Waals surface area contributed by atoms with Crippen molar-refractivity contribution in [3.63, 3.8) is 0 Å². The van der Waals surface area contributed by atoms with Gasteiger partial charge >= 0.3 is 0 Å². The zero-order valence-corrected chi connectivity index (χ0v) is 13.2. The second-order valence-corrected chi connectivity index (χ2v) is 5.45. The molecular weight excluding hydrogens is 318 g/mol. The summed E-state index contributed by atoms with van der Waals surface area (Å²) in [6.07, 6.45) is 0. The van der Waals surface area contributed by atoms with Gasteiger partial charge in [0.2, 0.25) is 0 Å². The van der Waals surface area contributed by atoms with Gasteiger partial charge in [0, 0.05) is 6.54 Å². The van der Waals surface area contributed by atoms with Crippen molar-refractivity contribution in [3.8, 4) is 11.5 Å². The standard InChI is InChI=1S/C16H18BrNO2/c1-11-4-3-5-12(6-11)10-20-16-14(17)7-13(9-18)8-15(16)19-2/h3-8H,9-10,18H2,1-2H3. The van der Waals surface area contributed by atoms with Gasteiger partial charge in [0.1, 0.15) is 6.61 Å². The van der Waals surface area contributed by atoms with Crippen molar-refractivity contribution >= 4 is 15.9 Å². The minimum absolute atomic E-state index is 0.465. The molecule has 4 heteroatoms. The third kappa shape index (κ3) is 3.52. The Morgan fingerprint density at radius 3 is 2.60 bits per heavy atom. The van der Waals surface area contributed by atoms with E-state index in [4.69, 9.17) is 15.2 Å². The molecule has 0 aliphatic heterocycles. The number of hydrogen-bond donors (Lipinski definition) is 1. The lowest BCUT2D eigenvalue weighted by molar-refractivity contribution is 0.282. The van der Waals surface area contributed by atoms with Crippen molar-refractivity contribution in [2.24, 2.45) is 5.73 Å². The Morgan fingerprint density at radius 1 is 1.15 bits per heavy atom. The van der Waals surface area contributed by atoms with E-state index >= 15 is 0 Å². The minimum Gasteiger partial charge on any atom is -0.493 e. The number of nitrogens with two attached hydrogens (primary N) is 1. The van der Waals surface area contributed by atoms with E-state index in [0.29, 0.717) is 24.7 Å². The molecule has 0 aromatic heterocycles. The van der Waals surface area contributed by atoms with E-state index in [1.54, 1.807) is 7.11 Å². The Balaban J connectivity index is 2.20. The molecule has 0 unspecified atom stereocenters. The number of hydrogen-bond acceptors (Lipinski definition) is 3. The molecule has 0 atom stereocenters. The molecule has 3 nitrogen and oxygen atoms in total. The average Bonchev–Trinajstić information content (AvgIpc) is 2.45. The van der Waals surface area contributed by atoms with Crippen molar-refractivity contribution in [3.05, 3.63) is 57.6 Å². The molecule has 0 bridgehead atoms. The lowest BCUT2D eigenvalue weighted by Gasteiger charge is -2.14. The quantitative estimate of drug-likeness (QED) is 0.903. The van der Waals surface area contributed by atoms with E-state index in [2.05, 4.69) is 35.0 Å². The second kappa shape index (κ2) is 6.77. The van der Waals surface area contributed by atoms with Gasteiger partial charge in [-0.05, 0) is 46.1 Å². The van der Waals surface area contributed by atoms with E-state index in [1.807, 2.05) is 24.3 Å². The topological polar surface area (TPSA) is 44.5 Å². The molecule has 0 heterocycles. The Hall–Kier alpha value is -1.52. The minimum atomic E-state index is 0.465. The predicted molar refractivity (Wildman–Crippen MR) is 84.1 cm³/mol. The summed E-state index contributed by atoms with van der Waals surface area (Å²) in [5.74, 6) is 1.39. The van der Waals surface area contributed by atoms with Gasteiger partial charge in [-0.2, -0.15) is 0 Å². The maximum atomic E-state index is 5.89. The molecule has 2 rings (SSSR count). The highest BCUT2D eigenvalue weighted by molar-refractivity contribution is 9.10. The number of ether oxygens (including phenoxy) is 2. The molecule has 106 valence electrons. The van der Waals surface area contributed by atoms with Crippen LogP contribution in [0, 0.1) is 6.92 Å². The second-order valence-electron chi connectivity index (χ2n) is 4.59. The molecule has 20 heavy (non-hydrogen) atoms. The number of methoxy groups -OCH3 is 1. The first kappa shape index (κ1) is 14.9. The molecule has 0 aliphatic rings. The largest absolute Gasteiger partial charge is 0.493 e. The maximum Gasteiger partial charge on any atom is 0.175 e. The monoisotopic (exact) mass is 335 g/mol. The average molecular weight is 336 g/mol. The zero-order valence-electron chi connectivity index (χ0n) is 11.7. The van der Waals surface area contributed by atoms with E-state index in [0.717, 1.165) is 15.6 Å². The SMILES string of the molecule is COc1cc(CN)cc(Br)c1OCc1cccc(C)c1. The van der Waals surface area contributed by atoms with Crippen LogP contribution in [0.15, 0.2) is 40.9 Å². The van der Waals surface area contributed by atoms with Crippen LogP contribution in [0.3, 0.4) is 0 Å². The fourth-order valence-electron chi connectivity index (χ4n) is 1.99. The first-order valence-electron chi connectivity index (χ1n) is 6.39. The summed E-state index contributed by atoms with van der Waals surface area (Å²) in [4.78, 5) is 0. The smallest absolute Gasteiger partial charge is 0.175 e. The molecule has 2 aromatic carbocycles. The third-order valence-electron chi connectivity index (χ3n) is 2.99. The van der Waals surface area contributed by atoms with Gasteiger partial charge in [0.25, 0.3) is 0 Å². The highest BCUT2D eigenvalue weighted by atomic mass is 79.9. The van der Waals surface area contributed by atoms with E-state index in [-0.39, 0.29) is 0 Å². The summed E-state index contributed by atoms with van der Waals surface area (Å²) in [6.45, 7) is 3.03. The summed E-state index contributed by atoms with van der Waals surface area (Å²) < 4.78 is 12.1. The fraction of sp³-hybridized carbons (Fsp3) is 0.250. The lowest BCUT2D eigenvalue weighted by Crippen LogP contribution is -2.02. The Labute approximate surface area is 127 Å². The maximum absolute atomic E-state index is 5.89. The summed E-state index contributed by atoms with van der Waals surface area (Å²) in [7, 11) is 1.63. The number of benzene rings is 2. The predicted octanol–water partition coefficient (Wildman–Crippen LogP) is 3.80. The van der Waals surface area contributed by atoms with Crippen LogP contribution < -0.4 is 15.2 Å². The van der Waals surface area contributed by atoms with Crippen molar-refractivity contribution in [2.45, 2.75) is 20.1 Å². The van der Waals surface area contributed by atoms with Crippen molar-refractivity contribution in [2.75, 3.05) is 7.11 Å². The molecule has 0 saturated heterocycles. The van der Waals surface area contributed by atoms with Gasteiger partial charge in [0.05, 0.1) is 11.6 Å². The molecule has 2 N–H and O–H groups in total. The van der Waals surface area contributed by atoms with Crippen molar-refractivity contribution in [1.29, 1.82) is 0 Å². The molecular formula is C16H18BrNO2. The van der Waals surface area contributed by atoms with Crippen molar-refractivity contribution < 1.29 is 9.47 Å². The lowest BCUT2D eigenvalue weighted by atomic mass is 10.1. The number of rotatable bonds is 5. The molecule has 0 amide bonds. The first-order chi connectivity index (χ1) is 9.63. The number of aryl methyl sites for hydroxylation is 1. The molecule has 0 radical (unpaired) electrons. The summed E-state index contributed by atoms with van der Waals surface area (Å²) in [6, 6.07) is 12.1. The fourth-order valence-corrected chi connectivity index (χ4v) is 2.59. The molecule has 0 fully saturated rings. The number of halogens is 1. The van der Waals surface area contributed by atoms with Crippen LogP contribution in [-0.4, -0.2) is 7.11 Å². The van der Waals surface area contributed by atoms with E-state index in [1.165, 1.54) is 5.56 Å². The van der Waals surface area contributed by atoms with Crippen LogP contribution in [0.2, 0.25) is 0 Å². The third-order valence-corrected chi connectivity index (χ3v) is 3.58. The van der Waals surface area contributed by atoms with Crippen LogP contribution in [0.25, 0.3) is 0 Å². The normalized spacial score (nSPS) is 10.4. The van der Waals surface area contributed by atoms with Gasteiger partial charge in [-0.1, -0.05) is 29.8 Å². The van der Waals surface area contributed by atoms with Gasteiger partial charge in [-0.3, -0.25) is 0 Å². The van der Waals surface area contributed by atoms with Gasteiger partial charge in [0.15, 0.2) is 11.5 Å². The van der Waals surface area contributed by atoms with Crippen LogP contribution >= 0.6 is 15.9 Å². The summed E-state index contributed by atoms with van der Waals surface area (Å²) in [5, 5.41) is 0. The molecule has 0 saturated carbocycles. The van der Waals surface area contributed by atoms with E-state index < -0.39 is 0 Å². The summed E-state index contributed by atoms with van der Waals surface area (Å²) in [5.41, 5.74) is 9.00. The highest BCUT2D eigenvalue weighted by Gasteiger charge is 2.11.